The SMILES string of the molecule is COCC1(Oc2cc(Oc3ncc(C(=O)N4CCC4)cc3Cl)cc(-c3ccc(C4=NCCO4)[nH]3)c2)CC1. The van der Waals surface area contributed by atoms with Crippen molar-refractivity contribution in [2.45, 2.75) is 24.9 Å². The number of benzene rings is 1. The summed E-state index contributed by atoms with van der Waals surface area (Å²) in [5.41, 5.74) is 2.64. The lowest BCUT2D eigenvalue weighted by Crippen LogP contribution is -2.42. The molecule has 2 fully saturated rings. The minimum Gasteiger partial charge on any atom is -0.485 e. The van der Waals surface area contributed by atoms with Crippen LogP contribution in [0.15, 0.2) is 47.6 Å². The van der Waals surface area contributed by atoms with Crippen molar-refractivity contribution in [1.82, 2.24) is 14.9 Å². The molecule has 1 N–H and O–H groups in total. The van der Waals surface area contributed by atoms with Gasteiger partial charge >= 0.3 is 0 Å². The van der Waals surface area contributed by atoms with Crippen LogP contribution in [0.2, 0.25) is 5.02 Å². The summed E-state index contributed by atoms with van der Waals surface area (Å²) in [5, 5.41) is 0.260. The number of halogens is 1. The van der Waals surface area contributed by atoms with E-state index >= 15 is 0 Å². The number of carbonyl (C=O) groups excluding carboxylic acids is 1. The summed E-state index contributed by atoms with van der Waals surface area (Å²) < 4.78 is 23.4. The lowest BCUT2D eigenvalue weighted by molar-refractivity contribution is 0.0638. The molecule has 1 aromatic carbocycles. The van der Waals surface area contributed by atoms with Crippen LogP contribution < -0.4 is 9.47 Å². The molecule has 2 aromatic heterocycles. The van der Waals surface area contributed by atoms with Gasteiger partial charge in [0, 0.05) is 43.7 Å². The van der Waals surface area contributed by atoms with Gasteiger partial charge < -0.3 is 28.8 Å². The van der Waals surface area contributed by atoms with E-state index in [1.807, 2.05) is 30.3 Å². The number of nitrogens with zero attached hydrogens (tertiary/aromatic N) is 3. The minimum atomic E-state index is -0.327. The van der Waals surface area contributed by atoms with Crippen molar-refractivity contribution in [3.8, 4) is 28.6 Å². The van der Waals surface area contributed by atoms with Gasteiger partial charge in [-0.15, -0.1) is 0 Å². The molecule has 10 heteroatoms. The van der Waals surface area contributed by atoms with E-state index in [-0.39, 0.29) is 22.4 Å². The van der Waals surface area contributed by atoms with Gasteiger partial charge in [-0.25, -0.2) is 9.98 Å². The number of nitrogens with one attached hydrogen (secondary N) is 1. The van der Waals surface area contributed by atoms with Crippen LogP contribution in [0.3, 0.4) is 0 Å². The zero-order valence-corrected chi connectivity index (χ0v) is 21.2. The third-order valence-electron chi connectivity index (χ3n) is 6.65. The molecule has 0 bridgehead atoms. The Balaban J connectivity index is 1.29. The molecule has 2 aliphatic heterocycles. The highest BCUT2D eigenvalue weighted by atomic mass is 35.5. The maximum absolute atomic E-state index is 12.5. The number of aromatic nitrogens is 2. The largest absolute Gasteiger partial charge is 0.485 e. The Labute approximate surface area is 219 Å². The van der Waals surface area contributed by atoms with Crippen LogP contribution >= 0.6 is 11.6 Å². The Kier molecular flexibility index (Phi) is 6.26. The zero-order valence-electron chi connectivity index (χ0n) is 20.5. The van der Waals surface area contributed by atoms with E-state index in [1.165, 1.54) is 6.20 Å². The average molecular weight is 523 g/mol. The Bertz CT molecular complexity index is 1360. The Morgan fingerprint density at radius 2 is 1.97 bits per heavy atom. The van der Waals surface area contributed by atoms with Crippen LogP contribution in [0, 0.1) is 0 Å². The second-order valence-corrected chi connectivity index (χ2v) is 9.90. The fourth-order valence-corrected chi connectivity index (χ4v) is 4.60. The van der Waals surface area contributed by atoms with Crippen LogP contribution in [-0.4, -0.2) is 72.2 Å². The first-order valence-corrected chi connectivity index (χ1v) is 12.7. The topological polar surface area (TPSA) is 98.3 Å². The predicted molar refractivity (Wildman–Crippen MR) is 138 cm³/mol. The monoisotopic (exact) mass is 522 g/mol. The second-order valence-electron chi connectivity index (χ2n) is 9.49. The minimum absolute atomic E-state index is 0.0730. The molecule has 0 spiro atoms. The molecule has 3 aliphatic rings. The second kappa shape index (κ2) is 9.72. The third-order valence-corrected chi connectivity index (χ3v) is 6.93. The number of H-pyrrole nitrogens is 1. The van der Waals surface area contributed by atoms with Crippen LogP contribution in [0.25, 0.3) is 11.3 Å². The Morgan fingerprint density at radius 1 is 1.16 bits per heavy atom. The summed E-state index contributed by atoms with van der Waals surface area (Å²) in [6, 6.07) is 11.2. The highest BCUT2D eigenvalue weighted by Crippen LogP contribution is 2.43. The predicted octanol–water partition coefficient (Wildman–Crippen LogP) is 4.70. The normalized spacial score (nSPS) is 17.6. The number of hydrogen-bond donors (Lipinski definition) is 1. The molecule has 3 aromatic rings. The number of aromatic amines is 1. The number of ether oxygens (including phenoxy) is 4. The molecule has 1 amide bonds. The van der Waals surface area contributed by atoms with Gasteiger partial charge in [-0.2, -0.15) is 0 Å². The molecule has 1 saturated heterocycles. The number of pyridine rings is 1. The summed E-state index contributed by atoms with van der Waals surface area (Å²) >= 11 is 6.48. The summed E-state index contributed by atoms with van der Waals surface area (Å²) in [6.45, 7) is 3.27. The van der Waals surface area contributed by atoms with Crippen molar-refractivity contribution in [2.24, 2.45) is 4.99 Å². The third kappa shape index (κ3) is 5.01. The first-order valence-electron chi connectivity index (χ1n) is 12.3. The van der Waals surface area contributed by atoms with E-state index in [9.17, 15) is 4.79 Å². The average Bonchev–Trinajstić information content (AvgIpc) is 3.25. The number of hydrogen-bond acceptors (Lipinski definition) is 7. The molecule has 6 rings (SSSR count). The van der Waals surface area contributed by atoms with Crippen molar-refractivity contribution >= 4 is 23.4 Å². The van der Waals surface area contributed by atoms with Crippen molar-refractivity contribution < 1.29 is 23.7 Å². The van der Waals surface area contributed by atoms with Gasteiger partial charge in [0.25, 0.3) is 5.91 Å². The van der Waals surface area contributed by atoms with E-state index in [1.54, 1.807) is 18.1 Å². The first kappa shape index (κ1) is 23.8. The standard InChI is InChI=1S/C27H27ClN4O5/c1-34-16-27(5-6-27)37-20-12-17(22-3-4-23(31-22)25-29-7-10-35-25)11-19(14-20)36-24-21(28)13-18(15-30-24)26(33)32-8-2-9-32/h3-4,11-15,31H,2,5-10,16H2,1H3. The van der Waals surface area contributed by atoms with E-state index in [0.29, 0.717) is 42.7 Å². The van der Waals surface area contributed by atoms with E-state index in [0.717, 1.165) is 49.3 Å². The molecule has 1 saturated carbocycles. The van der Waals surface area contributed by atoms with Crippen molar-refractivity contribution in [2.75, 3.05) is 40.0 Å². The zero-order chi connectivity index (χ0) is 25.4. The van der Waals surface area contributed by atoms with Crippen LogP contribution in [-0.2, 0) is 9.47 Å². The van der Waals surface area contributed by atoms with Crippen LogP contribution in [0.4, 0.5) is 0 Å². The number of likely N-dealkylation sites (tertiary alicyclic amines) is 1. The molecular formula is C27H27ClN4O5. The van der Waals surface area contributed by atoms with Gasteiger partial charge in [-0.1, -0.05) is 11.6 Å². The Hall–Kier alpha value is -3.56. The highest BCUT2D eigenvalue weighted by molar-refractivity contribution is 6.32. The van der Waals surface area contributed by atoms with Gasteiger partial charge in [0.1, 0.15) is 34.4 Å². The molecule has 0 radical (unpaired) electrons. The molecule has 0 atom stereocenters. The molecular weight excluding hydrogens is 496 g/mol. The van der Waals surface area contributed by atoms with Crippen molar-refractivity contribution in [3.63, 3.8) is 0 Å². The highest BCUT2D eigenvalue weighted by Gasteiger charge is 2.45. The van der Waals surface area contributed by atoms with Gasteiger partial charge in [-0.3, -0.25) is 4.79 Å². The summed E-state index contributed by atoms with van der Waals surface area (Å²) in [4.78, 5) is 26.4. The lowest BCUT2D eigenvalue weighted by Gasteiger charge is -2.30. The molecule has 9 nitrogen and oxygen atoms in total. The van der Waals surface area contributed by atoms with Gasteiger partial charge in [-0.05, 0) is 49.6 Å². The molecule has 0 unspecified atom stereocenters. The molecule has 37 heavy (non-hydrogen) atoms. The number of aliphatic imine (C=N–C) groups is 1. The summed E-state index contributed by atoms with van der Waals surface area (Å²) in [7, 11) is 1.67. The van der Waals surface area contributed by atoms with Gasteiger partial charge in [0.05, 0.1) is 18.7 Å². The molecule has 192 valence electrons. The lowest BCUT2D eigenvalue weighted by atomic mass is 10.1. The molecule has 4 heterocycles. The van der Waals surface area contributed by atoms with Crippen LogP contribution in [0.5, 0.6) is 17.4 Å². The fraction of sp³-hybridized carbons (Fsp3) is 0.370. The van der Waals surface area contributed by atoms with Crippen molar-refractivity contribution in [1.29, 1.82) is 0 Å². The van der Waals surface area contributed by atoms with E-state index in [2.05, 4.69) is 15.0 Å². The maximum atomic E-state index is 12.5. The number of rotatable bonds is 9. The Morgan fingerprint density at radius 3 is 2.65 bits per heavy atom. The van der Waals surface area contributed by atoms with Gasteiger partial charge in [0.2, 0.25) is 11.8 Å². The number of amides is 1. The fourth-order valence-electron chi connectivity index (χ4n) is 4.39. The summed E-state index contributed by atoms with van der Waals surface area (Å²) in [5.74, 6) is 1.90. The maximum Gasteiger partial charge on any atom is 0.255 e. The van der Waals surface area contributed by atoms with Crippen molar-refractivity contribution in [3.05, 3.63) is 58.9 Å². The summed E-state index contributed by atoms with van der Waals surface area (Å²) in [6.07, 6.45) is 4.36. The smallest absolute Gasteiger partial charge is 0.255 e. The first-order chi connectivity index (χ1) is 18.0. The number of methoxy groups -OCH3 is 1. The van der Waals surface area contributed by atoms with E-state index < -0.39 is 0 Å². The quantitative estimate of drug-likeness (QED) is 0.437. The van der Waals surface area contributed by atoms with Gasteiger partial charge in [0.15, 0.2) is 0 Å². The number of carbonyl (C=O) groups is 1. The molecule has 1 aliphatic carbocycles. The van der Waals surface area contributed by atoms with E-state index in [4.69, 9.17) is 30.5 Å². The van der Waals surface area contributed by atoms with Crippen LogP contribution in [0.1, 0.15) is 35.3 Å².